The molecule has 1 aromatic rings. The third-order valence-corrected chi connectivity index (χ3v) is 5.67. The van der Waals surface area contributed by atoms with Crippen LogP contribution in [0.2, 0.25) is 0 Å². The van der Waals surface area contributed by atoms with Gasteiger partial charge in [0, 0.05) is 25.7 Å². The van der Waals surface area contributed by atoms with Gasteiger partial charge in [-0.2, -0.15) is 0 Å². The van der Waals surface area contributed by atoms with E-state index in [1.165, 1.54) is 5.56 Å². The number of rotatable bonds is 2. The summed E-state index contributed by atoms with van der Waals surface area (Å²) in [4.78, 5) is 15.2. The van der Waals surface area contributed by atoms with Gasteiger partial charge in [-0.3, -0.25) is 4.79 Å². The highest BCUT2D eigenvalue weighted by Crippen LogP contribution is 2.37. The van der Waals surface area contributed by atoms with Gasteiger partial charge in [0.15, 0.2) is 0 Å². The number of aryl methyl sites for hydroxylation is 1. The van der Waals surface area contributed by atoms with Crippen LogP contribution in [0.25, 0.3) is 0 Å². The molecule has 0 bridgehead atoms. The molecule has 2 heterocycles. The summed E-state index contributed by atoms with van der Waals surface area (Å²) in [5.74, 6) is 0.159. The van der Waals surface area contributed by atoms with Crippen LogP contribution >= 0.6 is 0 Å². The SMILES string of the molecule is Cc1ccc(C2OCCCC2C(=O)N2CCC(N)C(C)(C)C2)cc1. The average Bonchev–Trinajstić information content (AvgIpc) is 2.57. The summed E-state index contributed by atoms with van der Waals surface area (Å²) in [7, 11) is 0. The zero-order valence-corrected chi connectivity index (χ0v) is 15.1. The Morgan fingerprint density at radius 1 is 1.25 bits per heavy atom. The summed E-state index contributed by atoms with van der Waals surface area (Å²) in [6.45, 7) is 8.63. The van der Waals surface area contributed by atoms with Gasteiger partial charge < -0.3 is 15.4 Å². The number of likely N-dealkylation sites (tertiary alicyclic amines) is 1. The highest BCUT2D eigenvalue weighted by atomic mass is 16.5. The molecule has 2 saturated heterocycles. The van der Waals surface area contributed by atoms with Crippen LogP contribution in [0, 0.1) is 18.3 Å². The molecule has 1 aromatic carbocycles. The van der Waals surface area contributed by atoms with E-state index >= 15 is 0 Å². The maximum Gasteiger partial charge on any atom is 0.228 e. The number of benzene rings is 1. The average molecular weight is 330 g/mol. The van der Waals surface area contributed by atoms with Crippen molar-refractivity contribution in [3.8, 4) is 0 Å². The molecule has 3 rings (SSSR count). The molecule has 0 aliphatic carbocycles. The van der Waals surface area contributed by atoms with Gasteiger partial charge >= 0.3 is 0 Å². The maximum atomic E-state index is 13.2. The minimum absolute atomic E-state index is 0.0250. The lowest BCUT2D eigenvalue weighted by atomic mass is 9.78. The highest BCUT2D eigenvalue weighted by molar-refractivity contribution is 5.80. The molecular weight excluding hydrogens is 300 g/mol. The predicted octanol–water partition coefficient (Wildman–Crippen LogP) is 3.05. The van der Waals surface area contributed by atoms with Crippen molar-refractivity contribution in [3.63, 3.8) is 0 Å². The molecule has 0 saturated carbocycles. The molecule has 1 amide bonds. The van der Waals surface area contributed by atoms with Crippen molar-refractivity contribution in [2.45, 2.75) is 52.2 Å². The van der Waals surface area contributed by atoms with E-state index in [0.717, 1.165) is 44.5 Å². The molecule has 2 aliphatic heterocycles. The molecular formula is C20H30N2O2. The Balaban J connectivity index is 1.77. The standard InChI is InChI=1S/C20H30N2O2/c1-14-6-8-15(9-7-14)18-16(5-4-12-24-18)19(23)22-11-10-17(21)20(2,3)13-22/h6-9,16-18H,4-5,10-13,21H2,1-3H3. The number of hydrogen-bond donors (Lipinski definition) is 1. The summed E-state index contributed by atoms with van der Waals surface area (Å²) in [6, 6.07) is 8.55. The summed E-state index contributed by atoms with van der Waals surface area (Å²) in [6.07, 6.45) is 2.61. The van der Waals surface area contributed by atoms with Crippen molar-refractivity contribution in [2.24, 2.45) is 17.1 Å². The Labute approximate surface area is 145 Å². The first-order valence-corrected chi connectivity index (χ1v) is 9.11. The Bertz CT molecular complexity index is 582. The minimum atomic E-state index is -0.120. The van der Waals surface area contributed by atoms with E-state index in [1.54, 1.807) is 0 Å². The number of carbonyl (C=O) groups excluding carboxylic acids is 1. The number of ether oxygens (including phenoxy) is 1. The molecule has 2 aliphatic rings. The van der Waals surface area contributed by atoms with E-state index in [4.69, 9.17) is 10.5 Å². The van der Waals surface area contributed by atoms with Gasteiger partial charge in [-0.25, -0.2) is 0 Å². The second kappa shape index (κ2) is 6.85. The monoisotopic (exact) mass is 330 g/mol. The lowest BCUT2D eigenvalue weighted by Crippen LogP contribution is -2.55. The predicted molar refractivity (Wildman–Crippen MR) is 95.5 cm³/mol. The van der Waals surface area contributed by atoms with Gasteiger partial charge in [0.25, 0.3) is 0 Å². The fraction of sp³-hybridized carbons (Fsp3) is 0.650. The fourth-order valence-corrected chi connectivity index (χ4v) is 3.92. The van der Waals surface area contributed by atoms with Crippen molar-refractivity contribution in [1.82, 2.24) is 4.90 Å². The highest BCUT2D eigenvalue weighted by Gasteiger charge is 2.40. The van der Waals surface area contributed by atoms with Crippen LogP contribution in [0.15, 0.2) is 24.3 Å². The quantitative estimate of drug-likeness (QED) is 0.907. The third kappa shape index (κ3) is 3.50. The normalized spacial score (nSPS) is 30.2. The van der Waals surface area contributed by atoms with E-state index in [2.05, 4.69) is 45.0 Å². The van der Waals surface area contributed by atoms with E-state index in [9.17, 15) is 4.79 Å². The Kier molecular flexibility index (Phi) is 4.97. The molecule has 0 aromatic heterocycles. The van der Waals surface area contributed by atoms with E-state index in [1.807, 2.05) is 4.90 Å². The van der Waals surface area contributed by atoms with Crippen LogP contribution in [0.1, 0.15) is 50.3 Å². The lowest BCUT2D eigenvalue weighted by Gasteiger charge is -2.44. The van der Waals surface area contributed by atoms with Gasteiger partial charge in [-0.1, -0.05) is 43.7 Å². The van der Waals surface area contributed by atoms with Gasteiger partial charge in [-0.05, 0) is 37.2 Å². The smallest absolute Gasteiger partial charge is 0.228 e. The van der Waals surface area contributed by atoms with Crippen LogP contribution in [-0.2, 0) is 9.53 Å². The zero-order valence-electron chi connectivity index (χ0n) is 15.1. The van der Waals surface area contributed by atoms with Gasteiger partial charge in [0.2, 0.25) is 5.91 Å². The topological polar surface area (TPSA) is 55.6 Å². The lowest BCUT2D eigenvalue weighted by molar-refractivity contribution is -0.149. The first-order valence-electron chi connectivity index (χ1n) is 9.11. The van der Waals surface area contributed by atoms with Gasteiger partial charge in [-0.15, -0.1) is 0 Å². The minimum Gasteiger partial charge on any atom is -0.373 e. The fourth-order valence-electron chi connectivity index (χ4n) is 3.92. The Morgan fingerprint density at radius 3 is 2.62 bits per heavy atom. The number of hydrogen-bond acceptors (Lipinski definition) is 3. The number of amides is 1. The molecule has 4 nitrogen and oxygen atoms in total. The van der Waals surface area contributed by atoms with Gasteiger partial charge in [0.1, 0.15) is 0 Å². The molecule has 4 heteroatoms. The first kappa shape index (κ1) is 17.4. The Morgan fingerprint density at radius 2 is 1.96 bits per heavy atom. The molecule has 3 atom stereocenters. The second-order valence-electron chi connectivity index (χ2n) is 8.09. The molecule has 132 valence electrons. The number of piperidine rings is 1. The molecule has 0 radical (unpaired) electrons. The number of nitrogens with zero attached hydrogens (tertiary/aromatic N) is 1. The molecule has 24 heavy (non-hydrogen) atoms. The molecule has 2 fully saturated rings. The molecule has 0 spiro atoms. The van der Waals surface area contributed by atoms with Crippen molar-refractivity contribution in [1.29, 1.82) is 0 Å². The van der Waals surface area contributed by atoms with E-state index in [-0.39, 0.29) is 29.4 Å². The van der Waals surface area contributed by atoms with Crippen LogP contribution in [0.3, 0.4) is 0 Å². The summed E-state index contributed by atoms with van der Waals surface area (Å²) in [5.41, 5.74) is 8.54. The van der Waals surface area contributed by atoms with Crippen molar-refractivity contribution < 1.29 is 9.53 Å². The van der Waals surface area contributed by atoms with E-state index in [0.29, 0.717) is 0 Å². The zero-order chi connectivity index (χ0) is 17.3. The van der Waals surface area contributed by atoms with Gasteiger partial charge in [0.05, 0.1) is 12.0 Å². The first-order chi connectivity index (χ1) is 11.4. The molecule has 2 N–H and O–H groups in total. The maximum absolute atomic E-state index is 13.2. The van der Waals surface area contributed by atoms with Crippen molar-refractivity contribution in [3.05, 3.63) is 35.4 Å². The van der Waals surface area contributed by atoms with Crippen molar-refractivity contribution >= 4 is 5.91 Å². The summed E-state index contributed by atoms with van der Waals surface area (Å²) >= 11 is 0. The second-order valence-corrected chi connectivity index (χ2v) is 8.09. The Hall–Kier alpha value is -1.39. The van der Waals surface area contributed by atoms with Crippen LogP contribution < -0.4 is 5.73 Å². The largest absolute Gasteiger partial charge is 0.373 e. The van der Waals surface area contributed by atoms with Crippen LogP contribution in [0.5, 0.6) is 0 Å². The van der Waals surface area contributed by atoms with Crippen molar-refractivity contribution in [2.75, 3.05) is 19.7 Å². The number of carbonyl (C=O) groups is 1. The number of nitrogens with two attached hydrogens (primary N) is 1. The van der Waals surface area contributed by atoms with E-state index < -0.39 is 0 Å². The summed E-state index contributed by atoms with van der Waals surface area (Å²) < 4.78 is 6.03. The van der Waals surface area contributed by atoms with Crippen LogP contribution in [0.4, 0.5) is 0 Å². The summed E-state index contributed by atoms with van der Waals surface area (Å²) in [5, 5.41) is 0. The molecule has 3 unspecified atom stereocenters. The van der Waals surface area contributed by atoms with Crippen LogP contribution in [-0.4, -0.2) is 36.5 Å². The third-order valence-electron chi connectivity index (χ3n) is 5.67.